The van der Waals surface area contributed by atoms with Gasteiger partial charge in [-0.1, -0.05) is 19.1 Å². The van der Waals surface area contributed by atoms with Gasteiger partial charge < -0.3 is 14.6 Å². The van der Waals surface area contributed by atoms with Gasteiger partial charge in [-0.05, 0) is 43.0 Å². The summed E-state index contributed by atoms with van der Waals surface area (Å²) in [5.74, 6) is 0.680. The van der Waals surface area contributed by atoms with Crippen molar-refractivity contribution in [1.29, 1.82) is 0 Å². The highest BCUT2D eigenvalue weighted by Gasteiger charge is 2.52. The zero-order valence-corrected chi connectivity index (χ0v) is 12.6. The highest BCUT2D eigenvalue weighted by Crippen LogP contribution is 2.40. The highest BCUT2D eigenvalue weighted by atomic mass is 16.5. The second-order valence-corrected chi connectivity index (χ2v) is 5.36. The van der Waals surface area contributed by atoms with Crippen LogP contribution in [0, 0.1) is 5.92 Å². The van der Waals surface area contributed by atoms with Crippen molar-refractivity contribution in [2.45, 2.75) is 31.9 Å². The molecular formula is C16H23NO4. The monoisotopic (exact) mass is 293 g/mol. The average Bonchev–Trinajstić information content (AvgIpc) is 3.36. The van der Waals surface area contributed by atoms with Crippen molar-refractivity contribution in [1.82, 2.24) is 5.32 Å². The molecule has 0 saturated heterocycles. The van der Waals surface area contributed by atoms with Crippen molar-refractivity contribution in [3.05, 3.63) is 29.8 Å². The first-order chi connectivity index (χ1) is 10.2. The van der Waals surface area contributed by atoms with Gasteiger partial charge in [-0.3, -0.25) is 5.32 Å². The number of hydrogen-bond acceptors (Lipinski definition) is 5. The van der Waals surface area contributed by atoms with Crippen molar-refractivity contribution < 1.29 is 19.4 Å². The predicted octanol–water partition coefficient (Wildman–Crippen LogP) is 1.49. The zero-order chi connectivity index (χ0) is 15.3. The molecule has 21 heavy (non-hydrogen) atoms. The van der Waals surface area contributed by atoms with Crippen LogP contribution < -0.4 is 10.1 Å². The Hall–Kier alpha value is -1.59. The molecule has 0 radical (unpaired) electrons. The van der Waals surface area contributed by atoms with E-state index < -0.39 is 5.54 Å². The van der Waals surface area contributed by atoms with Gasteiger partial charge in [0.25, 0.3) is 0 Å². The lowest BCUT2D eigenvalue weighted by molar-refractivity contribution is -0.151. The molecule has 1 aliphatic carbocycles. The third-order valence-electron chi connectivity index (χ3n) is 3.89. The number of carbonyl (C=O) groups excluding carboxylic acids is 1. The predicted molar refractivity (Wildman–Crippen MR) is 79.0 cm³/mol. The summed E-state index contributed by atoms with van der Waals surface area (Å²) >= 11 is 0. The van der Waals surface area contributed by atoms with Gasteiger partial charge >= 0.3 is 5.97 Å². The van der Waals surface area contributed by atoms with Gasteiger partial charge in [-0.25, -0.2) is 4.79 Å². The van der Waals surface area contributed by atoms with Crippen LogP contribution in [0.15, 0.2) is 24.3 Å². The summed E-state index contributed by atoms with van der Waals surface area (Å²) < 4.78 is 10.8. The molecular weight excluding hydrogens is 270 g/mol. The lowest BCUT2D eigenvalue weighted by atomic mass is 9.94. The van der Waals surface area contributed by atoms with Gasteiger partial charge in [0.05, 0.1) is 13.7 Å². The lowest BCUT2D eigenvalue weighted by Crippen LogP contribution is -2.58. The molecule has 2 rings (SSSR count). The van der Waals surface area contributed by atoms with E-state index in [0.717, 1.165) is 18.4 Å². The Kier molecular flexibility index (Phi) is 5.20. The van der Waals surface area contributed by atoms with Gasteiger partial charge in [0.15, 0.2) is 5.54 Å². The van der Waals surface area contributed by atoms with Crippen LogP contribution in [0.1, 0.15) is 25.3 Å². The number of carbonyl (C=O) groups is 1. The third-order valence-corrected chi connectivity index (χ3v) is 3.89. The smallest absolute Gasteiger partial charge is 0.329 e. The van der Waals surface area contributed by atoms with E-state index in [1.54, 1.807) is 24.3 Å². The van der Waals surface area contributed by atoms with E-state index in [9.17, 15) is 4.79 Å². The number of ether oxygens (including phenoxy) is 2. The van der Waals surface area contributed by atoms with Gasteiger partial charge in [0, 0.05) is 0 Å². The molecule has 0 bridgehead atoms. The van der Waals surface area contributed by atoms with E-state index in [1.165, 1.54) is 7.11 Å². The summed E-state index contributed by atoms with van der Waals surface area (Å²) in [6, 6.07) is 7.21. The minimum Gasteiger partial charge on any atom is -0.491 e. The van der Waals surface area contributed by atoms with Crippen molar-refractivity contribution in [3.8, 4) is 5.75 Å². The number of hydrogen-bond donors (Lipinski definition) is 2. The number of aliphatic hydroxyl groups is 1. The molecule has 1 aromatic rings. The Bertz CT molecular complexity index is 470. The van der Waals surface area contributed by atoms with Crippen molar-refractivity contribution in [2.24, 2.45) is 5.92 Å². The van der Waals surface area contributed by atoms with Crippen LogP contribution in [0.3, 0.4) is 0 Å². The molecule has 1 fully saturated rings. The largest absolute Gasteiger partial charge is 0.491 e. The molecule has 1 aliphatic rings. The van der Waals surface area contributed by atoms with E-state index in [-0.39, 0.29) is 25.1 Å². The molecule has 1 unspecified atom stereocenters. The number of rotatable bonds is 8. The Balaban J connectivity index is 2.08. The molecule has 0 amide bonds. The normalized spacial score (nSPS) is 17.1. The maximum atomic E-state index is 12.2. The molecule has 0 aromatic heterocycles. The van der Waals surface area contributed by atoms with E-state index in [0.29, 0.717) is 12.3 Å². The molecule has 2 N–H and O–H groups in total. The standard InChI is InChI=1S/C16H23NO4/c1-3-17-16(13-6-7-13,15(19)20-2)11-21-14-8-4-12(10-18)5-9-14/h4-5,8-9,13,17-18H,3,6-7,10-11H2,1-2H3. The fraction of sp³-hybridized carbons (Fsp3) is 0.562. The first-order valence-electron chi connectivity index (χ1n) is 7.32. The molecule has 1 saturated carbocycles. The second-order valence-electron chi connectivity index (χ2n) is 5.36. The van der Waals surface area contributed by atoms with Crippen LogP contribution in [0.4, 0.5) is 0 Å². The van der Waals surface area contributed by atoms with Crippen LogP contribution >= 0.6 is 0 Å². The van der Waals surface area contributed by atoms with Crippen LogP contribution in [-0.4, -0.2) is 36.9 Å². The molecule has 0 spiro atoms. The van der Waals surface area contributed by atoms with Crippen molar-refractivity contribution in [2.75, 3.05) is 20.3 Å². The minimum atomic E-state index is -0.765. The topological polar surface area (TPSA) is 67.8 Å². The van der Waals surface area contributed by atoms with Crippen LogP contribution in [0.5, 0.6) is 5.75 Å². The molecule has 1 atom stereocenters. The lowest BCUT2D eigenvalue weighted by Gasteiger charge is -2.31. The van der Waals surface area contributed by atoms with E-state index in [2.05, 4.69) is 5.32 Å². The van der Waals surface area contributed by atoms with Gasteiger partial charge in [0.2, 0.25) is 0 Å². The van der Waals surface area contributed by atoms with Gasteiger partial charge in [-0.2, -0.15) is 0 Å². The summed E-state index contributed by atoms with van der Waals surface area (Å²) in [7, 11) is 1.41. The fourth-order valence-electron chi connectivity index (χ4n) is 2.57. The number of methoxy groups -OCH3 is 1. The molecule has 5 heteroatoms. The number of likely N-dealkylation sites (N-methyl/N-ethyl adjacent to an activating group) is 1. The summed E-state index contributed by atoms with van der Waals surface area (Å²) in [4.78, 5) is 12.2. The number of benzene rings is 1. The van der Waals surface area contributed by atoms with Gasteiger partial charge in [0.1, 0.15) is 12.4 Å². The Morgan fingerprint density at radius 2 is 2.05 bits per heavy atom. The van der Waals surface area contributed by atoms with Gasteiger partial charge in [-0.15, -0.1) is 0 Å². The number of nitrogens with one attached hydrogen (secondary N) is 1. The number of esters is 1. The number of aliphatic hydroxyl groups excluding tert-OH is 1. The van der Waals surface area contributed by atoms with Crippen molar-refractivity contribution >= 4 is 5.97 Å². The third kappa shape index (κ3) is 3.54. The minimum absolute atomic E-state index is 0.00580. The Morgan fingerprint density at radius 3 is 2.52 bits per heavy atom. The fourth-order valence-corrected chi connectivity index (χ4v) is 2.57. The first-order valence-corrected chi connectivity index (χ1v) is 7.32. The first kappa shape index (κ1) is 15.8. The second kappa shape index (κ2) is 6.91. The van der Waals surface area contributed by atoms with Crippen LogP contribution in [0.2, 0.25) is 0 Å². The summed E-state index contributed by atoms with van der Waals surface area (Å²) in [6.07, 6.45) is 2.02. The molecule has 0 heterocycles. The quantitative estimate of drug-likeness (QED) is 0.711. The highest BCUT2D eigenvalue weighted by molar-refractivity contribution is 5.82. The maximum Gasteiger partial charge on any atom is 0.329 e. The Morgan fingerprint density at radius 1 is 1.38 bits per heavy atom. The SMILES string of the molecule is CCNC(COc1ccc(CO)cc1)(C(=O)OC)C1CC1. The summed E-state index contributed by atoms with van der Waals surface area (Å²) in [5, 5.41) is 12.3. The average molecular weight is 293 g/mol. The van der Waals surface area contributed by atoms with E-state index in [1.807, 2.05) is 6.92 Å². The van der Waals surface area contributed by atoms with Crippen molar-refractivity contribution in [3.63, 3.8) is 0 Å². The maximum absolute atomic E-state index is 12.2. The Labute approximate surface area is 125 Å². The van der Waals surface area contributed by atoms with E-state index in [4.69, 9.17) is 14.6 Å². The molecule has 116 valence electrons. The zero-order valence-electron chi connectivity index (χ0n) is 12.6. The summed E-state index contributed by atoms with van der Waals surface area (Å²) in [6.45, 7) is 2.90. The van der Waals surface area contributed by atoms with Crippen LogP contribution in [-0.2, 0) is 16.1 Å². The molecule has 0 aliphatic heterocycles. The summed E-state index contributed by atoms with van der Waals surface area (Å²) in [5.41, 5.74) is 0.0644. The molecule has 5 nitrogen and oxygen atoms in total. The molecule has 1 aromatic carbocycles. The van der Waals surface area contributed by atoms with Crippen LogP contribution in [0.25, 0.3) is 0 Å². The van der Waals surface area contributed by atoms with E-state index >= 15 is 0 Å².